The summed E-state index contributed by atoms with van der Waals surface area (Å²) in [6.07, 6.45) is 6.09. The van der Waals surface area contributed by atoms with E-state index in [-0.39, 0.29) is 12.5 Å². The summed E-state index contributed by atoms with van der Waals surface area (Å²) in [7, 11) is 1.64. The second-order valence-corrected chi connectivity index (χ2v) is 5.02. The number of benzene rings is 1. The average Bonchev–Trinajstić information content (AvgIpc) is 2.57. The van der Waals surface area contributed by atoms with Crippen molar-refractivity contribution in [2.75, 3.05) is 20.3 Å². The van der Waals surface area contributed by atoms with Gasteiger partial charge in [-0.15, -0.1) is 6.42 Å². The fraction of sp³-hybridized carbons (Fsp3) is 0.444. The number of nitrogens with zero attached hydrogens (tertiary/aromatic N) is 2. The summed E-state index contributed by atoms with van der Waals surface area (Å²) in [5, 5.41) is 8.85. The van der Waals surface area contributed by atoms with Gasteiger partial charge in [0.1, 0.15) is 12.6 Å². The first-order valence-electron chi connectivity index (χ1n) is 7.50. The highest BCUT2D eigenvalue weighted by atomic mass is 16.5. The molecule has 0 aliphatic rings. The molecule has 0 aliphatic heterocycles. The first-order valence-corrected chi connectivity index (χ1v) is 7.50. The Balaban J connectivity index is 2.74. The SMILES string of the molecule is C#CCOc1ccc(CCC(=O)N(C)C(C)C#N)cc1OCC. The molecular weight excluding hydrogens is 292 g/mol. The van der Waals surface area contributed by atoms with E-state index in [2.05, 4.69) is 5.92 Å². The molecule has 122 valence electrons. The fourth-order valence-corrected chi connectivity index (χ4v) is 1.95. The Morgan fingerprint density at radius 1 is 1.39 bits per heavy atom. The lowest BCUT2D eigenvalue weighted by atomic mass is 10.1. The third-order valence-corrected chi connectivity index (χ3v) is 3.41. The highest BCUT2D eigenvalue weighted by Gasteiger charge is 2.15. The topological polar surface area (TPSA) is 62.6 Å². The van der Waals surface area contributed by atoms with E-state index in [9.17, 15) is 4.79 Å². The first-order chi connectivity index (χ1) is 11.0. The van der Waals surface area contributed by atoms with Gasteiger partial charge in [-0.25, -0.2) is 0 Å². The molecular formula is C18H22N2O3. The normalized spacial score (nSPS) is 11.0. The van der Waals surface area contributed by atoms with Crippen molar-refractivity contribution < 1.29 is 14.3 Å². The van der Waals surface area contributed by atoms with Gasteiger partial charge in [-0.1, -0.05) is 12.0 Å². The molecule has 0 N–H and O–H groups in total. The predicted molar refractivity (Wildman–Crippen MR) is 88.1 cm³/mol. The van der Waals surface area contributed by atoms with Gasteiger partial charge in [-0.05, 0) is 38.0 Å². The van der Waals surface area contributed by atoms with Crippen LogP contribution in [0.15, 0.2) is 18.2 Å². The summed E-state index contributed by atoms with van der Waals surface area (Å²) >= 11 is 0. The van der Waals surface area contributed by atoms with Gasteiger partial charge in [0.2, 0.25) is 5.91 Å². The van der Waals surface area contributed by atoms with Crippen molar-refractivity contribution in [1.82, 2.24) is 4.90 Å². The van der Waals surface area contributed by atoms with Gasteiger partial charge in [0.25, 0.3) is 0 Å². The molecule has 0 bridgehead atoms. The lowest BCUT2D eigenvalue weighted by Gasteiger charge is -2.19. The Labute approximate surface area is 137 Å². The zero-order chi connectivity index (χ0) is 17.2. The maximum absolute atomic E-state index is 12.0. The largest absolute Gasteiger partial charge is 0.490 e. The van der Waals surface area contributed by atoms with Crippen LogP contribution in [0, 0.1) is 23.7 Å². The minimum atomic E-state index is -0.430. The van der Waals surface area contributed by atoms with Crippen LogP contribution >= 0.6 is 0 Å². The van der Waals surface area contributed by atoms with Gasteiger partial charge in [0.05, 0.1) is 12.7 Å². The molecule has 0 radical (unpaired) electrons. The standard InChI is InChI=1S/C18H22N2O3/c1-5-11-23-16-9-7-15(12-17(16)22-6-2)8-10-18(21)20(4)14(3)13-19/h1,7,9,12,14H,6,8,10-11H2,2-4H3. The molecule has 0 aliphatic carbocycles. The minimum Gasteiger partial charge on any atom is -0.490 e. The van der Waals surface area contributed by atoms with Crippen LogP contribution in [0.4, 0.5) is 0 Å². The molecule has 0 heterocycles. The summed E-state index contributed by atoms with van der Waals surface area (Å²) in [4.78, 5) is 13.5. The number of ether oxygens (including phenoxy) is 2. The Morgan fingerprint density at radius 2 is 2.13 bits per heavy atom. The number of amides is 1. The van der Waals surface area contributed by atoms with Crippen LogP contribution in [-0.2, 0) is 11.2 Å². The van der Waals surface area contributed by atoms with Crippen LogP contribution in [0.2, 0.25) is 0 Å². The third-order valence-electron chi connectivity index (χ3n) is 3.41. The van der Waals surface area contributed by atoms with Crippen molar-refractivity contribution in [3.05, 3.63) is 23.8 Å². The summed E-state index contributed by atoms with van der Waals surface area (Å²) < 4.78 is 11.0. The zero-order valence-corrected chi connectivity index (χ0v) is 13.8. The minimum absolute atomic E-state index is 0.0651. The summed E-state index contributed by atoms with van der Waals surface area (Å²) in [6.45, 7) is 4.27. The van der Waals surface area contributed by atoms with Crippen molar-refractivity contribution >= 4 is 5.91 Å². The Hall–Kier alpha value is -2.66. The molecule has 0 fully saturated rings. The number of terminal acetylenes is 1. The van der Waals surface area contributed by atoms with Gasteiger partial charge in [-0.3, -0.25) is 4.79 Å². The number of rotatable bonds is 8. The Bertz CT molecular complexity index is 614. The molecule has 5 heteroatoms. The van der Waals surface area contributed by atoms with Crippen LogP contribution in [0.25, 0.3) is 0 Å². The monoisotopic (exact) mass is 314 g/mol. The quantitative estimate of drug-likeness (QED) is 0.691. The molecule has 1 amide bonds. The van der Waals surface area contributed by atoms with Crippen molar-refractivity contribution in [2.45, 2.75) is 32.7 Å². The smallest absolute Gasteiger partial charge is 0.223 e. The molecule has 0 saturated carbocycles. The summed E-state index contributed by atoms with van der Waals surface area (Å²) in [5.41, 5.74) is 0.966. The van der Waals surface area contributed by atoms with Crippen LogP contribution in [0.1, 0.15) is 25.8 Å². The molecule has 5 nitrogen and oxygen atoms in total. The van der Waals surface area contributed by atoms with Gasteiger partial charge in [0, 0.05) is 13.5 Å². The van der Waals surface area contributed by atoms with E-state index in [4.69, 9.17) is 21.2 Å². The number of aryl methyl sites for hydroxylation is 1. The molecule has 1 rings (SSSR count). The first kappa shape index (κ1) is 18.4. The maximum Gasteiger partial charge on any atom is 0.223 e. The number of nitriles is 1. The van der Waals surface area contributed by atoms with Gasteiger partial charge in [0.15, 0.2) is 11.5 Å². The van der Waals surface area contributed by atoms with Crippen LogP contribution in [-0.4, -0.2) is 37.1 Å². The predicted octanol–water partition coefficient (Wildman–Crippen LogP) is 2.40. The van der Waals surface area contributed by atoms with Gasteiger partial charge >= 0.3 is 0 Å². The van der Waals surface area contributed by atoms with Crippen molar-refractivity contribution in [1.29, 1.82) is 5.26 Å². The Morgan fingerprint density at radius 3 is 2.74 bits per heavy atom. The third kappa shape index (κ3) is 5.56. The van der Waals surface area contributed by atoms with Crippen LogP contribution < -0.4 is 9.47 Å². The number of carbonyl (C=O) groups excluding carboxylic acids is 1. The molecule has 1 aromatic carbocycles. The second-order valence-electron chi connectivity index (χ2n) is 5.02. The van der Waals surface area contributed by atoms with E-state index < -0.39 is 6.04 Å². The molecule has 0 saturated heterocycles. The maximum atomic E-state index is 12.0. The van der Waals surface area contributed by atoms with Crippen LogP contribution in [0.3, 0.4) is 0 Å². The zero-order valence-electron chi connectivity index (χ0n) is 13.8. The fourth-order valence-electron chi connectivity index (χ4n) is 1.95. The highest BCUT2D eigenvalue weighted by Crippen LogP contribution is 2.29. The summed E-state index contributed by atoms with van der Waals surface area (Å²) in [5.74, 6) is 3.56. The van der Waals surface area contributed by atoms with Gasteiger partial charge in [-0.2, -0.15) is 5.26 Å². The van der Waals surface area contributed by atoms with E-state index in [1.54, 1.807) is 20.0 Å². The molecule has 0 spiro atoms. The lowest BCUT2D eigenvalue weighted by Crippen LogP contribution is -2.34. The Kier molecular flexibility index (Phi) is 7.50. The van der Waals surface area contributed by atoms with E-state index in [1.807, 2.05) is 25.1 Å². The van der Waals surface area contributed by atoms with Crippen molar-refractivity contribution in [3.8, 4) is 29.9 Å². The number of hydrogen-bond acceptors (Lipinski definition) is 4. The number of carbonyl (C=O) groups is 1. The van der Waals surface area contributed by atoms with E-state index in [0.29, 0.717) is 30.9 Å². The average molecular weight is 314 g/mol. The highest BCUT2D eigenvalue weighted by molar-refractivity contribution is 5.76. The second kappa shape index (κ2) is 9.38. The van der Waals surface area contributed by atoms with E-state index in [0.717, 1.165) is 5.56 Å². The van der Waals surface area contributed by atoms with Crippen molar-refractivity contribution in [3.63, 3.8) is 0 Å². The summed E-state index contributed by atoms with van der Waals surface area (Å²) in [6, 6.07) is 7.16. The van der Waals surface area contributed by atoms with E-state index in [1.165, 1.54) is 4.90 Å². The lowest BCUT2D eigenvalue weighted by molar-refractivity contribution is -0.130. The van der Waals surface area contributed by atoms with Crippen LogP contribution in [0.5, 0.6) is 11.5 Å². The molecule has 0 aromatic heterocycles. The molecule has 1 unspecified atom stereocenters. The number of hydrogen-bond donors (Lipinski definition) is 0. The van der Waals surface area contributed by atoms with Gasteiger partial charge < -0.3 is 14.4 Å². The molecule has 23 heavy (non-hydrogen) atoms. The van der Waals surface area contributed by atoms with E-state index >= 15 is 0 Å². The molecule has 1 atom stereocenters. The molecule has 1 aromatic rings. The van der Waals surface area contributed by atoms with Crippen molar-refractivity contribution in [2.24, 2.45) is 0 Å².